The van der Waals surface area contributed by atoms with Gasteiger partial charge in [0.1, 0.15) is 0 Å². The Labute approximate surface area is 138 Å². The van der Waals surface area contributed by atoms with Gasteiger partial charge >= 0.3 is 6.03 Å². The summed E-state index contributed by atoms with van der Waals surface area (Å²) >= 11 is 0. The number of benzene rings is 1. The molecule has 0 unspecified atom stereocenters. The van der Waals surface area contributed by atoms with Gasteiger partial charge in [-0.3, -0.25) is 10.3 Å². The number of hydrogen-bond acceptors (Lipinski definition) is 2. The summed E-state index contributed by atoms with van der Waals surface area (Å²) in [5, 5.41) is 5.30. The van der Waals surface area contributed by atoms with E-state index in [0.29, 0.717) is 12.5 Å². The average Bonchev–Trinajstić information content (AvgIpc) is 2.31. The lowest BCUT2D eigenvalue weighted by Crippen LogP contribution is -2.40. The van der Waals surface area contributed by atoms with Gasteiger partial charge in [-0.2, -0.15) is 0 Å². The number of nitrogens with zero attached hydrogens (tertiary/aromatic N) is 1. The van der Waals surface area contributed by atoms with Crippen molar-refractivity contribution in [2.24, 2.45) is 16.6 Å². The van der Waals surface area contributed by atoms with Crippen LogP contribution in [0.5, 0.6) is 0 Å². The Bertz CT molecular complexity index is 470. The first kappa shape index (κ1) is 21.8. The van der Waals surface area contributed by atoms with Crippen LogP contribution in [0, 0.1) is 19.8 Å². The zero-order valence-electron chi connectivity index (χ0n) is 12.8. The summed E-state index contributed by atoms with van der Waals surface area (Å²) < 4.78 is 0. The molecule has 0 fully saturated rings. The van der Waals surface area contributed by atoms with Crippen LogP contribution in [0.1, 0.15) is 25.0 Å². The number of halogens is 2. The van der Waals surface area contributed by atoms with E-state index >= 15 is 0 Å². The van der Waals surface area contributed by atoms with E-state index in [9.17, 15) is 4.79 Å². The fourth-order valence-corrected chi connectivity index (χ4v) is 1.59. The number of anilines is 1. The van der Waals surface area contributed by atoms with Crippen molar-refractivity contribution in [1.82, 2.24) is 5.32 Å². The highest BCUT2D eigenvalue weighted by Crippen LogP contribution is 2.18. The van der Waals surface area contributed by atoms with Gasteiger partial charge in [-0.25, -0.2) is 4.79 Å². The number of carbonyl (C=O) groups excluding carboxylic acids is 1. The number of amides is 2. The fraction of sp³-hybridized carbons (Fsp3) is 0.429. The summed E-state index contributed by atoms with van der Waals surface area (Å²) in [6.45, 7) is 8.55. The van der Waals surface area contributed by atoms with Crippen LogP contribution in [0.3, 0.4) is 0 Å². The van der Waals surface area contributed by atoms with Crippen molar-refractivity contribution in [2.75, 3.05) is 11.9 Å². The Balaban J connectivity index is 0. The highest BCUT2D eigenvalue weighted by Gasteiger charge is 2.07. The molecule has 0 atom stereocenters. The number of aliphatic imine (C=N–C) groups is 1. The van der Waals surface area contributed by atoms with Gasteiger partial charge in [0, 0.05) is 12.2 Å². The number of nitrogens with one attached hydrogen (secondary N) is 2. The number of hydrogen-bond donors (Lipinski definition) is 3. The van der Waals surface area contributed by atoms with E-state index in [4.69, 9.17) is 5.73 Å². The van der Waals surface area contributed by atoms with Gasteiger partial charge in [-0.15, -0.1) is 24.8 Å². The quantitative estimate of drug-likeness (QED) is 0.586. The Hall–Kier alpha value is -1.46. The van der Waals surface area contributed by atoms with Crippen LogP contribution in [0.25, 0.3) is 0 Å². The average molecular weight is 335 g/mol. The molecule has 0 saturated heterocycles. The summed E-state index contributed by atoms with van der Waals surface area (Å²) in [6.07, 6.45) is 0. The van der Waals surface area contributed by atoms with Crippen LogP contribution < -0.4 is 16.4 Å². The molecular formula is C14H24Cl2N4O. The van der Waals surface area contributed by atoms with E-state index in [1.165, 1.54) is 0 Å². The Morgan fingerprint density at radius 2 is 1.76 bits per heavy atom. The highest BCUT2D eigenvalue weighted by molar-refractivity contribution is 6.02. The maximum atomic E-state index is 11.8. The Morgan fingerprint density at radius 3 is 2.24 bits per heavy atom. The van der Waals surface area contributed by atoms with Crippen LogP contribution >= 0.6 is 24.8 Å². The summed E-state index contributed by atoms with van der Waals surface area (Å²) in [6, 6.07) is 5.46. The monoisotopic (exact) mass is 334 g/mol. The second kappa shape index (κ2) is 10.3. The summed E-state index contributed by atoms with van der Waals surface area (Å²) in [7, 11) is 0. The maximum Gasteiger partial charge on any atom is 0.326 e. The predicted octanol–water partition coefficient (Wildman–Crippen LogP) is 3.24. The van der Waals surface area contributed by atoms with Crippen molar-refractivity contribution in [3.05, 3.63) is 29.3 Å². The summed E-state index contributed by atoms with van der Waals surface area (Å²) in [5.41, 5.74) is 8.45. The molecule has 0 aliphatic rings. The molecule has 21 heavy (non-hydrogen) atoms. The van der Waals surface area contributed by atoms with Gasteiger partial charge in [0.25, 0.3) is 0 Å². The molecule has 0 bridgehead atoms. The predicted molar refractivity (Wildman–Crippen MR) is 93.9 cm³/mol. The van der Waals surface area contributed by atoms with Crippen molar-refractivity contribution in [2.45, 2.75) is 27.7 Å². The Morgan fingerprint density at radius 1 is 1.24 bits per heavy atom. The zero-order valence-corrected chi connectivity index (χ0v) is 14.4. The van der Waals surface area contributed by atoms with Crippen molar-refractivity contribution in [1.29, 1.82) is 0 Å². The van der Waals surface area contributed by atoms with Crippen molar-refractivity contribution in [3.8, 4) is 0 Å². The topological polar surface area (TPSA) is 79.5 Å². The molecule has 0 radical (unpaired) electrons. The van der Waals surface area contributed by atoms with Crippen LogP contribution in [0.2, 0.25) is 0 Å². The van der Waals surface area contributed by atoms with Crippen LogP contribution in [-0.2, 0) is 0 Å². The van der Waals surface area contributed by atoms with E-state index in [0.717, 1.165) is 16.8 Å². The minimum Gasteiger partial charge on any atom is -0.370 e. The second-order valence-corrected chi connectivity index (χ2v) is 4.97. The third kappa shape index (κ3) is 7.78. The molecule has 0 spiro atoms. The first-order chi connectivity index (χ1) is 8.90. The molecule has 1 rings (SSSR count). The lowest BCUT2D eigenvalue weighted by atomic mass is 10.1. The lowest BCUT2D eigenvalue weighted by Gasteiger charge is -2.12. The van der Waals surface area contributed by atoms with Gasteiger partial charge < -0.3 is 11.1 Å². The van der Waals surface area contributed by atoms with Crippen molar-refractivity contribution >= 4 is 42.5 Å². The Kier molecular flexibility index (Phi) is 10.7. The van der Waals surface area contributed by atoms with Gasteiger partial charge in [-0.05, 0) is 30.9 Å². The minimum atomic E-state index is -0.373. The maximum absolute atomic E-state index is 11.8. The number of guanidine groups is 1. The number of aryl methyl sites for hydroxylation is 2. The van der Waals surface area contributed by atoms with Gasteiger partial charge in [0.05, 0.1) is 0 Å². The molecule has 0 aliphatic heterocycles. The molecule has 120 valence electrons. The third-order valence-corrected chi connectivity index (χ3v) is 2.59. The fourth-order valence-electron chi connectivity index (χ4n) is 1.59. The normalized spacial score (nSPS) is 10.4. The first-order valence-electron chi connectivity index (χ1n) is 6.34. The number of rotatable bonds is 3. The van der Waals surface area contributed by atoms with Crippen molar-refractivity contribution in [3.63, 3.8) is 0 Å². The van der Waals surface area contributed by atoms with Crippen molar-refractivity contribution < 1.29 is 4.79 Å². The lowest BCUT2D eigenvalue weighted by molar-refractivity contribution is 0.256. The largest absolute Gasteiger partial charge is 0.370 e. The smallest absolute Gasteiger partial charge is 0.326 e. The van der Waals surface area contributed by atoms with Crippen LogP contribution in [0.4, 0.5) is 10.5 Å². The second-order valence-electron chi connectivity index (χ2n) is 4.97. The first-order valence-corrected chi connectivity index (χ1v) is 6.34. The molecule has 5 nitrogen and oxygen atoms in total. The van der Waals surface area contributed by atoms with Gasteiger partial charge in [-0.1, -0.05) is 32.0 Å². The van der Waals surface area contributed by atoms with Gasteiger partial charge in [0.2, 0.25) is 0 Å². The van der Waals surface area contributed by atoms with E-state index in [1.807, 2.05) is 45.9 Å². The summed E-state index contributed by atoms with van der Waals surface area (Å²) in [5.74, 6) is 0.541. The number of nitrogens with two attached hydrogens (primary N) is 1. The van der Waals surface area contributed by atoms with E-state index < -0.39 is 0 Å². The number of para-hydroxylation sites is 1. The third-order valence-electron chi connectivity index (χ3n) is 2.59. The summed E-state index contributed by atoms with van der Waals surface area (Å²) in [4.78, 5) is 15.9. The number of carbonyl (C=O) groups is 1. The highest BCUT2D eigenvalue weighted by atomic mass is 35.5. The molecule has 4 N–H and O–H groups in total. The molecule has 1 aromatic rings. The SMILES string of the molecule is Cc1cccc(C)c1NC(=O)NC(N)=NCC(C)C.Cl.Cl. The van der Waals surface area contributed by atoms with Crippen LogP contribution in [0.15, 0.2) is 23.2 Å². The van der Waals surface area contributed by atoms with E-state index in [1.54, 1.807) is 0 Å². The molecule has 0 saturated carbocycles. The van der Waals surface area contributed by atoms with Crippen LogP contribution in [-0.4, -0.2) is 18.5 Å². The van der Waals surface area contributed by atoms with Gasteiger partial charge in [0.15, 0.2) is 5.96 Å². The molecule has 0 aliphatic carbocycles. The zero-order chi connectivity index (χ0) is 14.4. The molecular weight excluding hydrogens is 311 g/mol. The molecule has 7 heteroatoms. The molecule has 0 heterocycles. The molecule has 1 aromatic carbocycles. The standard InChI is InChI=1S/C14H22N4O.2ClH/c1-9(2)8-16-13(15)18-14(19)17-12-10(3)6-5-7-11(12)4;;/h5-7,9H,8H2,1-4H3,(H4,15,16,17,18,19);2*1H. The minimum absolute atomic E-state index is 0. The number of urea groups is 1. The molecule has 2 amide bonds. The van der Waals surface area contributed by atoms with E-state index in [2.05, 4.69) is 15.6 Å². The molecule has 0 aromatic heterocycles. The van der Waals surface area contributed by atoms with E-state index in [-0.39, 0.29) is 36.8 Å².